The van der Waals surface area contributed by atoms with E-state index in [1.165, 1.54) is 0 Å². The second-order valence-electron chi connectivity index (χ2n) is 4.14. The van der Waals surface area contributed by atoms with Gasteiger partial charge in [0.2, 0.25) is 0 Å². The molecule has 0 aliphatic carbocycles. The number of benzene rings is 1. The Morgan fingerprint density at radius 3 is 2.71 bits per heavy atom. The van der Waals surface area contributed by atoms with Crippen LogP contribution in [0.5, 0.6) is 0 Å². The van der Waals surface area contributed by atoms with E-state index in [-0.39, 0.29) is 6.61 Å². The van der Waals surface area contributed by atoms with Crippen molar-refractivity contribution in [3.8, 4) is 6.07 Å². The molecule has 0 aliphatic rings. The lowest BCUT2D eigenvalue weighted by Crippen LogP contribution is -2.32. The molecule has 0 unspecified atom stereocenters. The van der Waals surface area contributed by atoms with E-state index in [1.54, 1.807) is 0 Å². The summed E-state index contributed by atoms with van der Waals surface area (Å²) < 4.78 is 0.959. The Kier molecular flexibility index (Phi) is 5.46. The number of hydrogen-bond acceptors (Lipinski definition) is 3. The normalized spacial score (nSPS) is 10.4. The van der Waals surface area contributed by atoms with Gasteiger partial charge in [0.1, 0.15) is 6.07 Å². The molecule has 0 radical (unpaired) electrons. The maximum Gasteiger partial charge on any atom is 0.101 e. The minimum Gasteiger partial charge on any atom is -0.396 e. The summed E-state index contributed by atoms with van der Waals surface area (Å²) >= 11 is 3.43. The topological polar surface area (TPSA) is 47.3 Å². The summed E-state index contributed by atoms with van der Waals surface area (Å²) in [6, 6.07) is 8.14. The molecule has 1 aromatic rings. The number of aliphatic hydroxyl groups excluding tert-OH is 1. The average molecular weight is 297 g/mol. The van der Waals surface area contributed by atoms with E-state index in [2.05, 4.69) is 40.7 Å². The summed E-state index contributed by atoms with van der Waals surface area (Å²) in [4.78, 5) is 2.14. The molecule has 0 heterocycles. The van der Waals surface area contributed by atoms with Crippen molar-refractivity contribution in [3.63, 3.8) is 0 Å². The van der Waals surface area contributed by atoms with Gasteiger partial charge in [-0.2, -0.15) is 5.26 Å². The maximum atomic E-state index is 9.12. The lowest BCUT2D eigenvalue weighted by Gasteiger charge is -2.29. The fourth-order valence-corrected chi connectivity index (χ4v) is 2.08. The van der Waals surface area contributed by atoms with Crippen molar-refractivity contribution >= 4 is 21.6 Å². The fraction of sp³-hybridized carbons (Fsp3) is 0.462. The lowest BCUT2D eigenvalue weighted by atomic mass is 10.1. The molecule has 92 valence electrons. The van der Waals surface area contributed by atoms with Gasteiger partial charge in [0.05, 0.1) is 11.3 Å². The molecule has 4 heteroatoms. The summed E-state index contributed by atoms with van der Waals surface area (Å²) in [5.74, 6) is 0. The molecule has 1 N–H and O–H groups in total. The molecule has 1 aromatic carbocycles. The third-order valence-electron chi connectivity index (χ3n) is 2.57. The smallest absolute Gasteiger partial charge is 0.101 e. The molecule has 0 aromatic heterocycles. The van der Waals surface area contributed by atoms with Crippen LogP contribution in [0.3, 0.4) is 0 Å². The number of halogens is 1. The van der Waals surface area contributed by atoms with E-state index in [0.29, 0.717) is 18.0 Å². The molecular weight excluding hydrogens is 280 g/mol. The quantitative estimate of drug-likeness (QED) is 0.909. The largest absolute Gasteiger partial charge is 0.396 e. The minimum absolute atomic E-state index is 0.166. The van der Waals surface area contributed by atoms with Crippen LogP contribution in [0.25, 0.3) is 0 Å². The Morgan fingerprint density at radius 1 is 1.47 bits per heavy atom. The zero-order chi connectivity index (χ0) is 12.8. The Bertz CT molecular complexity index is 412. The highest BCUT2D eigenvalue weighted by molar-refractivity contribution is 9.10. The molecule has 0 atom stereocenters. The monoisotopic (exact) mass is 296 g/mol. The first-order valence-electron chi connectivity index (χ1n) is 5.67. The van der Waals surface area contributed by atoms with Crippen molar-refractivity contribution in [2.45, 2.75) is 26.3 Å². The van der Waals surface area contributed by atoms with E-state index in [1.807, 2.05) is 18.2 Å². The predicted octanol–water partition coefficient (Wildman–Crippen LogP) is 2.92. The van der Waals surface area contributed by atoms with Crippen molar-refractivity contribution in [1.29, 1.82) is 5.26 Å². The number of aliphatic hydroxyl groups is 1. The van der Waals surface area contributed by atoms with Crippen LogP contribution in [0.1, 0.15) is 25.8 Å². The lowest BCUT2D eigenvalue weighted by molar-refractivity contribution is 0.288. The average Bonchev–Trinajstić information content (AvgIpc) is 2.29. The third kappa shape index (κ3) is 3.72. The molecule has 0 spiro atoms. The number of nitriles is 1. The number of rotatable bonds is 5. The van der Waals surface area contributed by atoms with Gasteiger partial charge in [-0.05, 0) is 38.5 Å². The van der Waals surface area contributed by atoms with Gasteiger partial charge in [-0.3, -0.25) is 0 Å². The van der Waals surface area contributed by atoms with Crippen LogP contribution >= 0.6 is 15.9 Å². The highest BCUT2D eigenvalue weighted by Crippen LogP contribution is 2.26. The summed E-state index contributed by atoms with van der Waals surface area (Å²) in [5.41, 5.74) is 1.59. The molecule has 0 bridgehead atoms. The van der Waals surface area contributed by atoms with Gasteiger partial charge >= 0.3 is 0 Å². The summed E-state index contributed by atoms with van der Waals surface area (Å²) in [7, 11) is 0. The summed E-state index contributed by atoms with van der Waals surface area (Å²) in [6.45, 7) is 5.08. The highest BCUT2D eigenvalue weighted by atomic mass is 79.9. The van der Waals surface area contributed by atoms with E-state index >= 15 is 0 Å². The summed E-state index contributed by atoms with van der Waals surface area (Å²) in [6.07, 6.45) is 0.704. The predicted molar refractivity (Wildman–Crippen MR) is 73.0 cm³/mol. The first-order chi connectivity index (χ1) is 8.10. The standard InChI is InChI=1S/C13H17BrN2O/c1-10(2)16(6-3-7-17)13-8-12(14)5-4-11(13)9-15/h4-5,8,10,17H,3,6-7H2,1-2H3. The zero-order valence-corrected chi connectivity index (χ0v) is 11.7. The van der Waals surface area contributed by atoms with Gasteiger partial charge in [0, 0.05) is 23.7 Å². The first-order valence-corrected chi connectivity index (χ1v) is 6.46. The maximum absolute atomic E-state index is 9.12. The van der Waals surface area contributed by atoms with Crippen LogP contribution in [0, 0.1) is 11.3 Å². The Hall–Kier alpha value is -1.05. The van der Waals surface area contributed by atoms with E-state index in [0.717, 1.165) is 16.7 Å². The highest BCUT2D eigenvalue weighted by Gasteiger charge is 2.14. The molecule has 3 nitrogen and oxygen atoms in total. The van der Waals surface area contributed by atoms with Crippen molar-refractivity contribution < 1.29 is 5.11 Å². The third-order valence-corrected chi connectivity index (χ3v) is 3.06. The second-order valence-corrected chi connectivity index (χ2v) is 5.05. The fourth-order valence-electron chi connectivity index (χ4n) is 1.73. The van der Waals surface area contributed by atoms with E-state index in [4.69, 9.17) is 10.4 Å². The van der Waals surface area contributed by atoms with Gasteiger partial charge in [0.15, 0.2) is 0 Å². The molecule has 0 fully saturated rings. The van der Waals surface area contributed by atoms with Crippen molar-refractivity contribution in [3.05, 3.63) is 28.2 Å². The number of anilines is 1. The van der Waals surface area contributed by atoms with Crippen LogP contribution in [-0.4, -0.2) is 24.3 Å². The second kappa shape index (κ2) is 6.63. The Labute approximate surface area is 111 Å². The Balaban J connectivity index is 3.08. The van der Waals surface area contributed by atoms with Gasteiger partial charge < -0.3 is 10.0 Å². The van der Waals surface area contributed by atoms with Crippen LogP contribution in [0.2, 0.25) is 0 Å². The molecule has 1 rings (SSSR count). The molecule has 0 amide bonds. The summed E-state index contributed by atoms with van der Waals surface area (Å²) in [5, 5.41) is 18.0. The minimum atomic E-state index is 0.166. The van der Waals surface area contributed by atoms with Crippen molar-refractivity contribution in [2.75, 3.05) is 18.1 Å². The molecule has 17 heavy (non-hydrogen) atoms. The Morgan fingerprint density at radius 2 is 2.18 bits per heavy atom. The van der Waals surface area contributed by atoms with Crippen molar-refractivity contribution in [1.82, 2.24) is 0 Å². The van der Waals surface area contributed by atoms with Crippen LogP contribution < -0.4 is 4.90 Å². The SMILES string of the molecule is CC(C)N(CCCO)c1cc(Br)ccc1C#N. The zero-order valence-electron chi connectivity index (χ0n) is 10.2. The number of hydrogen-bond donors (Lipinski definition) is 1. The van der Waals surface area contributed by atoms with Crippen LogP contribution in [0.4, 0.5) is 5.69 Å². The van der Waals surface area contributed by atoms with Crippen LogP contribution in [-0.2, 0) is 0 Å². The van der Waals surface area contributed by atoms with Gasteiger partial charge in [0.25, 0.3) is 0 Å². The van der Waals surface area contributed by atoms with Gasteiger partial charge in [-0.15, -0.1) is 0 Å². The first kappa shape index (κ1) is 14.0. The van der Waals surface area contributed by atoms with E-state index in [9.17, 15) is 0 Å². The molecule has 0 saturated heterocycles. The molecular formula is C13H17BrN2O. The number of nitrogens with zero attached hydrogens (tertiary/aromatic N) is 2. The molecule has 0 aliphatic heterocycles. The van der Waals surface area contributed by atoms with Crippen molar-refractivity contribution in [2.24, 2.45) is 0 Å². The molecule has 0 saturated carbocycles. The van der Waals surface area contributed by atoms with Crippen LogP contribution in [0.15, 0.2) is 22.7 Å². The van der Waals surface area contributed by atoms with E-state index < -0.39 is 0 Å². The van der Waals surface area contributed by atoms with Gasteiger partial charge in [-0.1, -0.05) is 15.9 Å². The van der Waals surface area contributed by atoms with Gasteiger partial charge in [-0.25, -0.2) is 0 Å².